The van der Waals surface area contributed by atoms with Gasteiger partial charge in [0.05, 0.1) is 13.2 Å². The largest absolute Gasteiger partial charge is 0.494 e. The van der Waals surface area contributed by atoms with Crippen LogP contribution in [-0.2, 0) is 14.9 Å². The number of pyridine rings is 1. The number of unbranched alkanes of at least 4 members (excludes halogenated alkanes) is 13. The summed E-state index contributed by atoms with van der Waals surface area (Å²) in [4.78, 5) is 23.6. The van der Waals surface area contributed by atoms with E-state index in [4.69, 9.17) is 9.47 Å². The Morgan fingerprint density at radius 2 is 0.971 bits per heavy atom. The average molecular weight is 974 g/mol. The normalized spacial score (nSPS) is 12.5. The van der Waals surface area contributed by atoms with Crippen molar-refractivity contribution in [2.75, 3.05) is 13.2 Å². The second kappa shape index (κ2) is 25.2. The molecule has 1 aliphatic carbocycles. The van der Waals surface area contributed by atoms with Crippen molar-refractivity contribution in [2.24, 2.45) is 0 Å². The fourth-order valence-electron chi connectivity index (χ4n) is 10.1. The van der Waals surface area contributed by atoms with Gasteiger partial charge in [-0.2, -0.15) is 0 Å². The Labute approximate surface area is 424 Å². The average Bonchev–Trinajstić information content (AvgIpc) is 4.22. The number of hydrogen-bond donors (Lipinski definition) is 0. The van der Waals surface area contributed by atoms with E-state index < -0.39 is 0 Å². The van der Waals surface area contributed by atoms with Crippen molar-refractivity contribution in [3.05, 3.63) is 145 Å². The highest BCUT2D eigenvalue weighted by Crippen LogP contribution is 2.56. The Hall–Kier alpha value is -5.08. The number of esters is 1. The Bertz CT molecular complexity index is 2710. The van der Waals surface area contributed by atoms with Gasteiger partial charge in [0, 0.05) is 52.6 Å². The van der Waals surface area contributed by atoms with Gasteiger partial charge in [-0.1, -0.05) is 135 Å². The summed E-state index contributed by atoms with van der Waals surface area (Å²) in [6.07, 6.45) is 25.5. The molecule has 0 atom stereocenters. The molecule has 4 heterocycles. The lowest BCUT2D eigenvalue weighted by Crippen LogP contribution is -2.25. The van der Waals surface area contributed by atoms with Crippen LogP contribution >= 0.6 is 34.0 Å². The van der Waals surface area contributed by atoms with E-state index in [1.165, 1.54) is 159 Å². The van der Waals surface area contributed by atoms with Crippen LogP contribution in [0, 0.1) is 0 Å². The first-order valence-electron chi connectivity index (χ1n) is 25.9. The van der Waals surface area contributed by atoms with Crippen molar-refractivity contribution in [3.63, 3.8) is 0 Å². The molecule has 69 heavy (non-hydrogen) atoms. The molecule has 3 aromatic carbocycles. The summed E-state index contributed by atoms with van der Waals surface area (Å²) >= 11 is 5.66. The number of ether oxygens (including phenoxy) is 2. The standard InChI is InChI=1S/C62H71NO3S3/c1-5-7-9-17-37-62(38-18-10-8-6-2)53-28-24-48(57-32-34-60(69-57)59-33-31-56(68-59)47-35-39-63-40-36-47)43-52(53)51-27-23-49(44-54(51)62)58-30-29-55(67-58)46-21-25-50(26-22-46)65-41-19-15-13-11-12-14-16-20-42-66-61(64)45(3)4/h21-36,39-40,43-44H,3,5-20,37-38,41-42H2,1-2,4H3. The molecule has 0 saturated carbocycles. The van der Waals surface area contributed by atoms with Crippen LogP contribution < -0.4 is 4.74 Å². The van der Waals surface area contributed by atoms with Crippen molar-refractivity contribution in [1.82, 2.24) is 4.98 Å². The minimum atomic E-state index is -0.281. The minimum Gasteiger partial charge on any atom is -0.494 e. The summed E-state index contributed by atoms with van der Waals surface area (Å²) in [5.74, 6) is 0.659. The first-order valence-corrected chi connectivity index (χ1v) is 28.4. The Morgan fingerprint density at radius 1 is 0.493 bits per heavy atom. The van der Waals surface area contributed by atoms with Gasteiger partial charge in [-0.3, -0.25) is 4.98 Å². The van der Waals surface area contributed by atoms with Crippen molar-refractivity contribution >= 4 is 40.0 Å². The Kier molecular flexibility index (Phi) is 18.3. The third-order valence-electron chi connectivity index (χ3n) is 13.9. The first-order chi connectivity index (χ1) is 33.9. The molecule has 4 nitrogen and oxygen atoms in total. The molecule has 0 amide bonds. The molecule has 0 N–H and O–H groups in total. The van der Waals surface area contributed by atoms with Gasteiger partial charge in [-0.25, -0.2) is 4.79 Å². The Morgan fingerprint density at radius 3 is 1.57 bits per heavy atom. The van der Waals surface area contributed by atoms with E-state index in [0.29, 0.717) is 12.2 Å². The van der Waals surface area contributed by atoms with E-state index in [0.717, 1.165) is 31.6 Å². The van der Waals surface area contributed by atoms with Crippen LogP contribution in [0.3, 0.4) is 0 Å². The van der Waals surface area contributed by atoms with Crippen LogP contribution in [0.5, 0.6) is 5.75 Å². The molecule has 360 valence electrons. The monoisotopic (exact) mass is 973 g/mol. The number of carbonyl (C=O) groups excluding carboxylic acids is 1. The molecule has 0 bridgehead atoms. The van der Waals surface area contributed by atoms with E-state index >= 15 is 0 Å². The molecule has 0 saturated heterocycles. The number of aromatic nitrogens is 1. The summed E-state index contributed by atoms with van der Waals surface area (Å²) < 4.78 is 11.4. The third kappa shape index (κ3) is 12.8. The molecule has 0 radical (unpaired) electrons. The lowest BCUT2D eigenvalue weighted by atomic mass is 9.70. The number of thiophene rings is 3. The summed E-state index contributed by atoms with van der Waals surface area (Å²) in [5, 5.41) is 0. The quantitative estimate of drug-likeness (QED) is 0.0279. The topological polar surface area (TPSA) is 48.4 Å². The van der Waals surface area contributed by atoms with E-state index in [2.05, 4.69) is 135 Å². The number of rotatable bonds is 28. The van der Waals surface area contributed by atoms with Crippen LogP contribution in [0.15, 0.2) is 134 Å². The maximum atomic E-state index is 11.5. The second-order valence-corrected chi connectivity index (χ2v) is 22.3. The van der Waals surface area contributed by atoms with Crippen LogP contribution in [0.2, 0.25) is 0 Å². The minimum absolute atomic E-state index is 0.0164. The summed E-state index contributed by atoms with van der Waals surface area (Å²) in [6, 6.07) is 41.6. The van der Waals surface area contributed by atoms with E-state index in [1.54, 1.807) is 18.1 Å². The molecule has 0 unspecified atom stereocenters. The van der Waals surface area contributed by atoms with Crippen LogP contribution in [0.4, 0.5) is 0 Å². The molecule has 8 rings (SSSR count). The highest BCUT2D eigenvalue weighted by molar-refractivity contribution is 7.25. The smallest absolute Gasteiger partial charge is 0.333 e. The van der Waals surface area contributed by atoms with Crippen LogP contribution in [0.25, 0.3) is 62.6 Å². The SMILES string of the molecule is C=C(C)C(=O)OCCCCCCCCCCOc1ccc(-c2ccc(-c3ccc4c(c3)C(CCCCCC)(CCCCCC)c3ccc(-c5ccc(-c6ccc(-c7ccncc7)s6)s5)cc3-4)s2)cc1. The van der Waals surface area contributed by atoms with Gasteiger partial charge in [0.2, 0.25) is 0 Å². The van der Waals surface area contributed by atoms with Crippen LogP contribution in [0.1, 0.15) is 147 Å². The van der Waals surface area contributed by atoms with E-state index in [-0.39, 0.29) is 11.4 Å². The van der Waals surface area contributed by atoms with E-state index in [1.807, 2.05) is 46.4 Å². The van der Waals surface area contributed by atoms with Crippen LogP contribution in [-0.4, -0.2) is 24.2 Å². The third-order valence-corrected chi connectivity index (χ3v) is 17.5. The highest BCUT2D eigenvalue weighted by Gasteiger charge is 2.42. The number of benzene rings is 3. The zero-order valence-electron chi connectivity index (χ0n) is 41.3. The van der Waals surface area contributed by atoms with Gasteiger partial charge in [0.15, 0.2) is 0 Å². The van der Waals surface area contributed by atoms with Gasteiger partial charge in [-0.15, -0.1) is 34.0 Å². The molecule has 1 aliphatic rings. The number of carbonyl (C=O) groups is 1. The fraction of sp³-hybridized carbons (Fsp3) is 0.387. The maximum Gasteiger partial charge on any atom is 0.333 e. The summed E-state index contributed by atoms with van der Waals surface area (Å²) in [7, 11) is 0. The van der Waals surface area contributed by atoms with Gasteiger partial charge >= 0.3 is 5.97 Å². The molecular weight excluding hydrogens is 903 g/mol. The summed E-state index contributed by atoms with van der Waals surface area (Å²) in [5.41, 5.74) is 11.5. The lowest BCUT2D eigenvalue weighted by molar-refractivity contribution is -0.139. The number of hydrogen-bond acceptors (Lipinski definition) is 7. The molecule has 4 aromatic heterocycles. The fourth-order valence-corrected chi connectivity index (χ4v) is 13.2. The predicted octanol–water partition coefficient (Wildman–Crippen LogP) is 19.4. The molecule has 0 spiro atoms. The zero-order valence-corrected chi connectivity index (χ0v) is 43.7. The highest BCUT2D eigenvalue weighted by atomic mass is 32.1. The Balaban J connectivity index is 0.944. The van der Waals surface area contributed by atoms with Crippen molar-refractivity contribution < 1.29 is 14.3 Å². The molecular formula is C62H71NO3S3. The van der Waals surface area contributed by atoms with Gasteiger partial charge in [-0.05, 0) is 162 Å². The maximum absolute atomic E-state index is 11.5. The molecule has 0 aliphatic heterocycles. The second-order valence-electron chi connectivity index (χ2n) is 19.1. The summed E-state index contributed by atoms with van der Waals surface area (Å²) in [6.45, 7) is 11.2. The zero-order chi connectivity index (χ0) is 47.8. The molecule has 0 fully saturated rings. The van der Waals surface area contributed by atoms with Crippen molar-refractivity contribution in [2.45, 2.75) is 142 Å². The number of nitrogens with zero attached hydrogens (tertiary/aromatic N) is 1. The van der Waals surface area contributed by atoms with Gasteiger partial charge in [0.1, 0.15) is 5.75 Å². The van der Waals surface area contributed by atoms with Crippen molar-refractivity contribution in [3.8, 4) is 68.4 Å². The number of fused-ring (bicyclic) bond motifs is 3. The molecule has 7 heteroatoms. The van der Waals surface area contributed by atoms with Gasteiger partial charge < -0.3 is 9.47 Å². The van der Waals surface area contributed by atoms with E-state index in [9.17, 15) is 4.79 Å². The van der Waals surface area contributed by atoms with Crippen molar-refractivity contribution in [1.29, 1.82) is 0 Å². The lowest BCUT2D eigenvalue weighted by Gasteiger charge is -2.33. The predicted molar refractivity (Wildman–Crippen MR) is 297 cm³/mol. The van der Waals surface area contributed by atoms with Gasteiger partial charge in [0.25, 0.3) is 0 Å². The first kappa shape index (κ1) is 50.3. The molecule has 7 aromatic rings.